The first-order valence-corrected chi connectivity index (χ1v) is 6.91. The third-order valence-corrected chi connectivity index (χ3v) is 3.72. The van der Waals surface area contributed by atoms with Gasteiger partial charge in [0.1, 0.15) is 5.75 Å². The summed E-state index contributed by atoms with van der Waals surface area (Å²) in [6.07, 6.45) is 0. The van der Waals surface area contributed by atoms with Crippen LogP contribution in [0.25, 0.3) is 0 Å². The standard InChI is InChI=1S/C17H19NO4/c1-11-9-15(12(2)18(11)3)16(19)10-22-14-7-5-13(6-8-14)17(20)21-4/h5-9H,10H2,1-4H3. The molecule has 2 aromatic rings. The largest absolute Gasteiger partial charge is 0.485 e. The second kappa shape index (κ2) is 6.47. The van der Waals surface area contributed by atoms with E-state index in [1.165, 1.54) is 7.11 Å². The maximum absolute atomic E-state index is 12.2. The Morgan fingerprint density at radius 3 is 2.27 bits per heavy atom. The lowest BCUT2D eigenvalue weighted by molar-refractivity contribution is 0.0600. The first-order valence-electron chi connectivity index (χ1n) is 6.91. The van der Waals surface area contributed by atoms with Crippen molar-refractivity contribution in [2.75, 3.05) is 13.7 Å². The van der Waals surface area contributed by atoms with Crippen molar-refractivity contribution in [2.45, 2.75) is 13.8 Å². The van der Waals surface area contributed by atoms with Crippen LogP contribution in [0.1, 0.15) is 32.1 Å². The third-order valence-electron chi connectivity index (χ3n) is 3.72. The summed E-state index contributed by atoms with van der Waals surface area (Å²) < 4.78 is 12.1. The number of nitrogens with zero attached hydrogens (tertiary/aromatic N) is 1. The van der Waals surface area contributed by atoms with Crippen molar-refractivity contribution in [3.05, 3.63) is 52.8 Å². The number of ether oxygens (including phenoxy) is 2. The van der Waals surface area contributed by atoms with Crippen molar-refractivity contribution in [1.29, 1.82) is 0 Å². The van der Waals surface area contributed by atoms with Crippen molar-refractivity contribution in [1.82, 2.24) is 4.57 Å². The van der Waals surface area contributed by atoms with Crippen molar-refractivity contribution < 1.29 is 19.1 Å². The smallest absolute Gasteiger partial charge is 0.337 e. The van der Waals surface area contributed by atoms with Crippen LogP contribution < -0.4 is 4.74 Å². The van der Waals surface area contributed by atoms with E-state index in [2.05, 4.69) is 4.74 Å². The quantitative estimate of drug-likeness (QED) is 0.629. The van der Waals surface area contributed by atoms with Gasteiger partial charge in [0.15, 0.2) is 6.61 Å². The Labute approximate surface area is 129 Å². The lowest BCUT2D eigenvalue weighted by atomic mass is 10.1. The Kier molecular flexibility index (Phi) is 4.65. The van der Waals surface area contributed by atoms with E-state index in [4.69, 9.17) is 4.74 Å². The monoisotopic (exact) mass is 301 g/mol. The molecular formula is C17H19NO4. The Bertz CT molecular complexity index is 698. The van der Waals surface area contributed by atoms with Gasteiger partial charge in [-0.2, -0.15) is 0 Å². The Balaban J connectivity index is 2.02. The van der Waals surface area contributed by atoms with Gasteiger partial charge in [-0.15, -0.1) is 0 Å². The number of ketones is 1. The van der Waals surface area contributed by atoms with Gasteiger partial charge in [-0.25, -0.2) is 4.79 Å². The zero-order valence-corrected chi connectivity index (χ0v) is 13.2. The van der Waals surface area contributed by atoms with E-state index in [-0.39, 0.29) is 12.4 Å². The fraction of sp³-hybridized carbons (Fsp3) is 0.294. The average molecular weight is 301 g/mol. The maximum Gasteiger partial charge on any atom is 0.337 e. The molecule has 22 heavy (non-hydrogen) atoms. The molecule has 0 bridgehead atoms. The van der Waals surface area contributed by atoms with Gasteiger partial charge in [0.05, 0.1) is 12.7 Å². The summed E-state index contributed by atoms with van der Waals surface area (Å²) in [6.45, 7) is 3.82. The SMILES string of the molecule is COC(=O)c1ccc(OCC(=O)c2cc(C)n(C)c2C)cc1. The number of aromatic nitrogens is 1. The van der Waals surface area contributed by atoms with Crippen molar-refractivity contribution in [3.8, 4) is 5.75 Å². The van der Waals surface area contributed by atoms with Crippen molar-refractivity contribution in [2.24, 2.45) is 7.05 Å². The summed E-state index contributed by atoms with van der Waals surface area (Å²) >= 11 is 0. The van der Waals surface area contributed by atoms with E-state index >= 15 is 0 Å². The number of hydrogen-bond donors (Lipinski definition) is 0. The first-order chi connectivity index (χ1) is 10.4. The Morgan fingerprint density at radius 1 is 1.14 bits per heavy atom. The summed E-state index contributed by atoms with van der Waals surface area (Å²) in [5, 5.41) is 0. The fourth-order valence-corrected chi connectivity index (χ4v) is 2.17. The van der Waals surface area contributed by atoms with Gasteiger partial charge in [-0.3, -0.25) is 4.79 Å². The second-order valence-corrected chi connectivity index (χ2v) is 5.07. The molecular weight excluding hydrogens is 282 g/mol. The molecule has 2 rings (SSSR count). The highest BCUT2D eigenvalue weighted by Gasteiger charge is 2.14. The van der Waals surface area contributed by atoms with Crippen LogP contribution in [0.15, 0.2) is 30.3 Å². The van der Waals surface area contributed by atoms with Gasteiger partial charge in [0.25, 0.3) is 0 Å². The minimum atomic E-state index is -0.405. The highest BCUT2D eigenvalue weighted by Crippen LogP contribution is 2.16. The normalized spacial score (nSPS) is 10.4. The molecule has 0 fully saturated rings. The molecule has 1 aromatic heterocycles. The van der Waals surface area contributed by atoms with E-state index in [0.29, 0.717) is 16.9 Å². The molecule has 116 valence electrons. The predicted octanol–water partition coefficient (Wildman–Crippen LogP) is 2.69. The van der Waals surface area contributed by atoms with Crippen LogP contribution in [0.4, 0.5) is 0 Å². The van der Waals surface area contributed by atoms with Crippen LogP contribution in [0.5, 0.6) is 5.75 Å². The molecule has 0 amide bonds. The van der Waals surface area contributed by atoms with E-state index in [1.807, 2.05) is 31.5 Å². The van der Waals surface area contributed by atoms with Crippen molar-refractivity contribution >= 4 is 11.8 Å². The van der Waals surface area contributed by atoms with E-state index in [0.717, 1.165) is 11.4 Å². The number of carbonyl (C=O) groups is 2. The molecule has 5 nitrogen and oxygen atoms in total. The summed E-state index contributed by atoms with van der Waals surface area (Å²) in [4.78, 5) is 23.5. The maximum atomic E-state index is 12.2. The van der Waals surface area contributed by atoms with E-state index in [1.54, 1.807) is 24.3 Å². The number of benzene rings is 1. The van der Waals surface area contributed by atoms with Crippen LogP contribution in [0.2, 0.25) is 0 Å². The topological polar surface area (TPSA) is 57.5 Å². The Hall–Kier alpha value is -2.56. The molecule has 0 unspecified atom stereocenters. The lowest BCUT2D eigenvalue weighted by Gasteiger charge is -2.06. The summed E-state index contributed by atoms with van der Waals surface area (Å²) in [7, 11) is 3.25. The number of carbonyl (C=O) groups excluding carboxylic acids is 2. The molecule has 0 radical (unpaired) electrons. The Morgan fingerprint density at radius 2 is 1.77 bits per heavy atom. The van der Waals surface area contributed by atoms with Gasteiger partial charge in [0.2, 0.25) is 5.78 Å². The zero-order chi connectivity index (χ0) is 16.3. The van der Waals surface area contributed by atoms with Crippen LogP contribution >= 0.6 is 0 Å². The van der Waals surface area contributed by atoms with Gasteiger partial charge in [-0.05, 0) is 44.2 Å². The number of rotatable bonds is 5. The minimum Gasteiger partial charge on any atom is -0.485 e. The number of aryl methyl sites for hydroxylation is 1. The summed E-state index contributed by atoms with van der Waals surface area (Å²) in [6, 6.07) is 8.35. The molecule has 5 heteroatoms. The molecule has 0 aliphatic carbocycles. The predicted molar refractivity (Wildman–Crippen MR) is 82.5 cm³/mol. The third kappa shape index (κ3) is 3.19. The average Bonchev–Trinajstić information content (AvgIpc) is 2.80. The number of hydrogen-bond acceptors (Lipinski definition) is 4. The second-order valence-electron chi connectivity index (χ2n) is 5.07. The molecule has 0 N–H and O–H groups in total. The number of methoxy groups -OCH3 is 1. The molecule has 0 aliphatic heterocycles. The van der Waals surface area contributed by atoms with Gasteiger partial charge in [-0.1, -0.05) is 0 Å². The summed E-state index contributed by atoms with van der Waals surface area (Å²) in [5.74, 6) is 0.0579. The molecule has 1 aromatic carbocycles. The first kappa shape index (κ1) is 15.8. The van der Waals surface area contributed by atoms with Crippen LogP contribution in [0, 0.1) is 13.8 Å². The van der Waals surface area contributed by atoms with Gasteiger partial charge < -0.3 is 14.0 Å². The summed E-state index contributed by atoms with van der Waals surface area (Å²) in [5.41, 5.74) is 3.07. The minimum absolute atomic E-state index is 0.0398. The van der Waals surface area contributed by atoms with Crippen LogP contribution in [0.3, 0.4) is 0 Å². The van der Waals surface area contributed by atoms with Crippen molar-refractivity contribution in [3.63, 3.8) is 0 Å². The molecule has 0 saturated carbocycles. The van der Waals surface area contributed by atoms with Crippen LogP contribution in [-0.2, 0) is 11.8 Å². The molecule has 0 aliphatic rings. The number of Topliss-reactive ketones (excluding diaryl/α,β-unsaturated/α-hetero) is 1. The van der Waals surface area contributed by atoms with Crippen LogP contribution in [-0.4, -0.2) is 30.0 Å². The lowest BCUT2D eigenvalue weighted by Crippen LogP contribution is -2.12. The molecule has 1 heterocycles. The van der Waals surface area contributed by atoms with E-state index < -0.39 is 5.97 Å². The fourth-order valence-electron chi connectivity index (χ4n) is 2.17. The van der Waals surface area contributed by atoms with Gasteiger partial charge in [0, 0.05) is 24.0 Å². The molecule has 0 spiro atoms. The molecule has 0 saturated heterocycles. The van der Waals surface area contributed by atoms with Gasteiger partial charge >= 0.3 is 5.97 Å². The molecule has 0 atom stereocenters. The highest BCUT2D eigenvalue weighted by atomic mass is 16.5. The number of esters is 1. The van der Waals surface area contributed by atoms with E-state index in [9.17, 15) is 9.59 Å². The highest BCUT2D eigenvalue weighted by molar-refractivity contribution is 5.98. The zero-order valence-electron chi connectivity index (χ0n) is 13.2.